The Morgan fingerprint density at radius 3 is 2.83 bits per heavy atom. The average molecular weight is 369 g/mol. The van der Waals surface area contributed by atoms with Crippen molar-refractivity contribution in [1.82, 2.24) is 4.90 Å². The molecule has 1 fully saturated rings. The van der Waals surface area contributed by atoms with Crippen molar-refractivity contribution >= 4 is 57.9 Å². The molecule has 1 heterocycles. The lowest BCUT2D eigenvalue weighted by molar-refractivity contribution is -0.305. The maximum atomic E-state index is 12.4. The number of aliphatic carboxylic acids is 1. The number of nitrogens with zero attached hydrogens (tertiary/aromatic N) is 1. The van der Waals surface area contributed by atoms with Gasteiger partial charge in [-0.2, -0.15) is 0 Å². The molecular weight excluding hydrogens is 354 g/mol. The molecule has 0 unspecified atom stereocenters. The molecule has 0 radical (unpaired) electrons. The van der Waals surface area contributed by atoms with Crippen LogP contribution < -0.4 is 5.11 Å². The number of thioether (sulfide) groups is 1. The molecule has 0 aliphatic carbocycles. The van der Waals surface area contributed by atoms with Crippen LogP contribution in [0, 0.1) is 0 Å². The van der Waals surface area contributed by atoms with Crippen molar-refractivity contribution < 1.29 is 14.7 Å². The lowest BCUT2D eigenvalue weighted by atomic mass is 10.2. The highest BCUT2D eigenvalue weighted by atomic mass is 35.5. The number of hydrogen-bond acceptors (Lipinski definition) is 5. The maximum absolute atomic E-state index is 12.4. The van der Waals surface area contributed by atoms with Crippen LogP contribution in [0.1, 0.15) is 31.2 Å². The molecular formula is C16H15ClNO3S2-. The van der Waals surface area contributed by atoms with E-state index in [-0.39, 0.29) is 12.3 Å². The number of carbonyl (C=O) groups is 2. The van der Waals surface area contributed by atoms with Gasteiger partial charge in [-0.15, -0.1) is 0 Å². The van der Waals surface area contributed by atoms with E-state index in [0.29, 0.717) is 33.6 Å². The number of carboxylic acid groups (broad SMARTS) is 1. The fourth-order valence-electron chi connectivity index (χ4n) is 2.16. The zero-order valence-corrected chi connectivity index (χ0v) is 14.7. The lowest BCUT2D eigenvalue weighted by Gasteiger charge is -2.14. The molecule has 0 N–H and O–H groups in total. The SMILES string of the molecule is O=C([O-])CCCCCN1C(=O)/C(=C/c2cccc(Cl)c2)SC1=S. The van der Waals surface area contributed by atoms with E-state index >= 15 is 0 Å². The van der Waals surface area contributed by atoms with Crippen LogP contribution in [0.15, 0.2) is 29.2 Å². The van der Waals surface area contributed by atoms with Crippen molar-refractivity contribution in [2.24, 2.45) is 0 Å². The first-order chi connectivity index (χ1) is 11.0. The summed E-state index contributed by atoms with van der Waals surface area (Å²) in [6.45, 7) is 0.505. The Labute approximate surface area is 149 Å². The monoisotopic (exact) mass is 368 g/mol. The van der Waals surface area contributed by atoms with E-state index in [1.165, 1.54) is 11.8 Å². The van der Waals surface area contributed by atoms with Crippen LogP contribution in [0.2, 0.25) is 5.02 Å². The number of halogens is 1. The Balaban J connectivity index is 1.93. The number of amides is 1. The van der Waals surface area contributed by atoms with Crippen molar-refractivity contribution in [3.05, 3.63) is 39.8 Å². The van der Waals surface area contributed by atoms with E-state index in [1.54, 1.807) is 23.1 Å². The van der Waals surface area contributed by atoms with E-state index in [0.717, 1.165) is 12.0 Å². The predicted molar refractivity (Wildman–Crippen MR) is 94.8 cm³/mol. The third kappa shape index (κ3) is 5.34. The minimum absolute atomic E-state index is 0.0487. The molecule has 1 amide bonds. The fraction of sp³-hybridized carbons (Fsp3) is 0.312. The van der Waals surface area contributed by atoms with Crippen LogP contribution in [0.5, 0.6) is 0 Å². The van der Waals surface area contributed by atoms with Crippen LogP contribution in [0.25, 0.3) is 6.08 Å². The number of rotatable bonds is 7. The highest BCUT2D eigenvalue weighted by molar-refractivity contribution is 8.26. The minimum atomic E-state index is -1.04. The molecule has 1 aliphatic rings. The van der Waals surface area contributed by atoms with Gasteiger partial charge in [0.15, 0.2) is 0 Å². The first kappa shape index (κ1) is 18.0. The lowest BCUT2D eigenvalue weighted by Crippen LogP contribution is -2.29. The van der Waals surface area contributed by atoms with Gasteiger partial charge in [0.25, 0.3) is 5.91 Å². The van der Waals surface area contributed by atoms with Gasteiger partial charge in [0.2, 0.25) is 0 Å². The summed E-state index contributed by atoms with van der Waals surface area (Å²) >= 11 is 12.5. The Morgan fingerprint density at radius 1 is 1.35 bits per heavy atom. The highest BCUT2D eigenvalue weighted by Gasteiger charge is 2.31. The predicted octanol–water partition coefficient (Wildman–Crippen LogP) is 2.85. The third-order valence-electron chi connectivity index (χ3n) is 3.28. The molecule has 23 heavy (non-hydrogen) atoms. The van der Waals surface area contributed by atoms with Crippen molar-refractivity contribution in [2.45, 2.75) is 25.7 Å². The molecule has 1 aromatic carbocycles. The Kier molecular flexibility index (Phi) is 6.62. The molecule has 0 aromatic heterocycles. The van der Waals surface area contributed by atoms with Crippen molar-refractivity contribution in [3.63, 3.8) is 0 Å². The third-order valence-corrected chi connectivity index (χ3v) is 4.90. The molecule has 0 atom stereocenters. The Morgan fingerprint density at radius 2 is 2.13 bits per heavy atom. The second-order valence-corrected chi connectivity index (χ2v) is 7.18. The van der Waals surface area contributed by atoms with Crippen molar-refractivity contribution in [1.29, 1.82) is 0 Å². The van der Waals surface area contributed by atoms with Gasteiger partial charge in [-0.25, -0.2) is 0 Å². The molecule has 1 saturated heterocycles. The average Bonchev–Trinajstić information content (AvgIpc) is 2.74. The first-order valence-corrected chi connectivity index (χ1v) is 8.78. The second kappa shape index (κ2) is 8.47. The van der Waals surface area contributed by atoms with E-state index in [1.807, 2.05) is 12.1 Å². The number of carboxylic acids is 1. The molecule has 2 rings (SSSR count). The van der Waals surface area contributed by atoms with Gasteiger partial charge < -0.3 is 9.90 Å². The van der Waals surface area contributed by atoms with Crippen molar-refractivity contribution in [2.75, 3.05) is 6.54 Å². The van der Waals surface area contributed by atoms with Crippen LogP contribution in [0.4, 0.5) is 0 Å². The Hall–Kier alpha value is -1.37. The summed E-state index contributed by atoms with van der Waals surface area (Å²) in [5.74, 6) is -1.15. The van der Waals surface area contributed by atoms with Crippen LogP contribution >= 0.6 is 35.6 Å². The molecule has 7 heteroatoms. The molecule has 4 nitrogen and oxygen atoms in total. The summed E-state index contributed by atoms with van der Waals surface area (Å²) in [6.07, 6.45) is 3.81. The molecule has 0 saturated carbocycles. The van der Waals surface area contributed by atoms with Crippen LogP contribution in [-0.2, 0) is 9.59 Å². The summed E-state index contributed by atoms with van der Waals surface area (Å²) in [6, 6.07) is 7.26. The van der Waals surface area contributed by atoms with Gasteiger partial charge in [0, 0.05) is 17.5 Å². The topological polar surface area (TPSA) is 60.4 Å². The summed E-state index contributed by atoms with van der Waals surface area (Å²) in [5, 5.41) is 11.0. The van der Waals surface area contributed by atoms with Crippen LogP contribution in [0.3, 0.4) is 0 Å². The summed E-state index contributed by atoms with van der Waals surface area (Å²) < 4.78 is 0.531. The molecule has 122 valence electrons. The molecule has 0 bridgehead atoms. The zero-order chi connectivity index (χ0) is 16.8. The van der Waals surface area contributed by atoms with E-state index < -0.39 is 5.97 Å². The molecule has 0 spiro atoms. The zero-order valence-electron chi connectivity index (χ0n) is 12.3. The number of thiocarbonyl (C=S) groups is 1. The summed E-state index contributed by atoms with van der Waals surface area (Å²) in [5.41, 5.74) is 0.854. The van der Waals surface area contributed by atoms with Gasteiger partial charge in [-0.1, -0.05) is 54.1 Å². The number of unbranched alkanes of at least 4 members (excludes halogenated alkanes) is 2. The molecule has 1 aliphatic heterocycles. The van der Waals surface area contributed by atoms with E-state index in [2.05, 4.69) is 0 Å². The number of hydrogen-bond donors (Lipinski definition) is 0. The summed E-state index contributed by atoms with van der Waals surface area (Å²) in [4.78, 5) is 24.9. The number of benzene rings is 1. The van der Waals surface area contributed by atoms with E-state index in [9.17, 15) is 14.7 Å². The van der Waals surface area contributed by atoms with Gasteiger partial charge in [-0.05, 0) is 43.0 Å². The van der Waals surface area contributed by atoms with Gasteiger partial charge in [0.1, 0.15) is 4.32 Å². The quantitative estimate of drug-likeness (QED) is 0.420. The van der Waals surface area contributed by atoms with Gasteiger partial charge in [-0.3, -0.25) is 9.69 Å². The number of carbonyl (C=O) groups excluding carboxylic acids is 2. The Bertz CT molecular complexity index is 660. The first-order valence-electron chi connectivity index (χ1n) is 7.18. The maximum Gasteiger partial charge on any atom is 0.266 e. The standard InChI is InChI=1S/C16H16ClNO3S2/c17-12-6-4-5-11(9-12)10-13-15(21)18(16(22)23-13)8-3-1-2-7-14(19)20/h4-6,9-10H,1-3,7-8H2,(H,19,20)/p-1/b13-10-. The largest absolute Gasteiger partial charge is 0.550 e. The van der Waals surface area contributed by atoms with Gasteiger partial charge in [0.05, 0.1) is 4.91 Å². The summed E-state index contributed by atoms with van der Waals surface area (Å²) in [7, 11) is 0. The normalized spacial score (nSPS) is 16.4. The van der Waals surface area contributed by atoms with Gasteiger partial charge >= 0.3 is 0 Å². The second-order valence-electron chi connectivity index (χ2n) is 5.07. The smallest absolute Gasteiger partial charge is 0.266 e. The van der Waals surface area contributed by atoms with Crippen molar-refractivity contribution in [3.8, 4) is 0 Å². The molecule has 1 aromatic rings. The fourth-order valence-corrected chi connectivity index (χ4v) is 3.66. The minimum Gasteiger partial charge on any atom is -0.550 e. The highest BCUT2D eigenvalue weighted by Crippen LogP contribution is 2.33. The van der Waals surface area contributed by atoms with E-state index in [4.69, 9.17) is 23.8 Å². The van der Waals surface area contributed by atoms with Crippen LogP contribution in [-0.4, -0.2) is 27.6 Å².